The summed E-state index contributed by atoms with van der Waals surface area (Å²) in [7, 11) is 0. The fourth-order valence-corrected chi connectivity index (χ4v) is 0.693. The van der Waals surface area contributed by atoms with Crippen molar-refractivity contribution in [2.24, 2.45) is 0 Å². The number of aromatic nitrogens is 2. The molecular weight excluding hydrogens is 132 g/mol. The Balaban J connectivity index is 3.34. The van der Waals surface area contributed by atoms with Crippen LogP contribution in [0.25, 0.3) is 0 Å². The van der Waals surface area contributed by atoms with E-state index in [0.717, 1.165) is 0 Å². The quantitative estimate of drug-likeness (QED) is 0.574. The lowest BCUT2D eigenvalue weighted by atomic mass is 10.6. The molecule has 0 aliphatic carbocycles. The third-order valence-corrected chi connectivity index (χ3v) is 1.24. The first-order valence-electron chi connectivity index (χ1n) is 3.04. The highest BCUT2D eigenvalue weighted by atomic mass is 16.2. The summed E-state index contributed by atoms with van der Waals surface area (Å²) < 4.78 is 1.42. The molecule has 0 unspecified atom stereocenters. The highest BCUT2D eigenvalue weighted by Gasteiger charge is 1.89. The van der Waals surface area contributed by atoms with Crippen molar-refractivity contribution < 1.29 is 0 Å². The van der Waals surface area contributed by atoms with Crippen molar-refractivity contribution in [1.29, 1.82) is 0 Å². The summed E-state index contributed by atoms with van der Waals surface area (Å²) in [6, 6.07) is 1.32. The van der Waals surface area contributed by atoms with Crippen LogP contribution in [0.3, 0.4) is 0 Å². The van der Waals surface area contributed by atoms with Gasteiger partial charge in [0.2, 0.25) is 0 Å². The standard InChI is InChI=1S/C6H8N2O2/c1-2-8-4-3-5(9)7-6(8)10/h3-4H,2H2,1H3,(H,7,9,10). The number of hydrogen-bond donors (Lipinski definition) is 1. The normalized spacial score (nSPS) is 9.70. The van der Waals surface area contributed by atoms with E-state index >= 15 is 0 Å². The molecule has 1 N–H and O–H groups in total. The van der Waals surface area contributed by atoms with E-state index in [2.05, 4.69) is 4.98 Å². The zero-order chi connectivity index (χ0) is 7.56. The summed E-state index contributed by atoms with van der Waals surface area (Å²) >= 11 is 0. The Kier molecular flexibility index (Phi) is 1.71. The predicted molar refractivity (Wildman–Crippen MR) is 37.0 cm³/mol. The fraction of sp³-hybridized carbons (Fsp3) is 0.333. The van der Waals surface area contributed by atoms with Gasteiger partial charge in [-0.05, 0) is 6.92 Å². The van der Waals surface area contributed by atoms with E-state index in [-0.39, 0.29) is 11.2 Å². The molecule has 0 saturated heterocycles. The molecule has 0 bridgehead atoms. The van der Waals surface area contributed by atoms with E-state index in [4.69, 9.17) is 0 Å². The summed E-state index contributed by atoms with van der Waals surface area (Å²) in [5, 5.41) is 0. The molecule has 0 atom stereocenters. The minimum absolute atomic E-state index is 0.352. The Labute approximate surface area is 57.1 Å². The van der Waals surface area contributed by atoms with Gasteiger partial charge in [-0.3, -0.25) is 9.78 Å². The topological polar surface area (TPSA) is 54.9 Å². The highest BCUT2D eigenvalue weighted by Crippen LogP contribution is 1.71. The molecule has 10 heavy (non-hydrogen) atoms. The smallest absolute Gasteiger partial charge is 0.301 e. The summed E-state index contributed by atoms with van der Waals surface area (Å²) in [6.45, 7) is 2.41. The van der Waals surface area contributed by atoms with Gasteiger partial charge in [-0.1, -0.05) is 0 Å². The molecule has 0 aromatic carbocycles. The monoisotopic (exact) mass is 140 g/mol. The molecule has 4 heteroatoms. The van der Waals surface area contributed by atoms with Crippen molar-refractivity contribution in [3.63, 3.8) is 0 Å². The van der Waals surface area contributed by atoms with Gasteiger partial charge in [-0.25, -0.2) is 4.79 Å². The molecule has 0 radical (unpaired) electrons. The van der Waals surface area contributed by atoms with Crippen molar-refractivity contribution in [3.05, 3.63) is 33.1 Å². The van der Waals surface area contributed by atoms with Gasteiger partial charge in [0.15, 0.2) is 0 Å². The number of H-pyrrole nitrogens is 1. The Morgan fingerprint density at radius 3 is 2.80 bits per heavy atom. The minimum atomic E-state index is -0.352. The third-order valence-electron chi connectivity index (χ3n) is 1.24. The van der Waals surface area contributed by atoms with Crippen LogP contribution in [0, 0.1) is 0 Å². The molecular formula is C6H8N2O2. The SMILES string of the molecule is CCn1ccc(=O)[nH]c1=O. The van der Waals surface area contributed by atoms with Gasteiger partial charge in [0.1, 0.15) is 0 Å². The Hall–Kier alpha value is -1.32. The number of aromatic amines is 1. The molecule has 1 aromatic rings. The number of nitrogens with one attached hydrogen (secondary N) is 1. The van der Waals surface area contributed by atoms with Crippen LogP contribution in [-0.4, -0.2) is 9.55 Å². The van der Waals surface area contributed by atoms with E-state index in [0.29, 0.717) is 6.54 Å². The maximum absolute atomic E-state index is 10.8. The second-order valence-electron chi connectivity index (χ2n) is 1.90. The summed E-state index contributed by atoms with van der Waals surface area (Å²) in [6.07, 6.45) is 1.47. The van der Waals surface area contributed by atoms with Crippen LogP contribution >= 0.6 is 0 Å². The molecule has 0 saturated carbocycles. The first-order valence-corrected chi connectivity index (χ1v) is 3.04. The molecule has 4 nitrogen and oxygen atoms in total. The Morgan fingerprint density at radius 2 is 2.30 bits per heavy atom. The van der Waals surface area contributed by atoms with Crippen molar-refractivity contribution in [1.82, 2.24) is 9.55 Å². The van der Waals surface area contributed by atoms with E-state index in [1.165, 1.54) is 16.8 Å². The third kappa shape index (κ3) is 1.15. The van der Waals surface area contributed by atoms with Crippen LogP contribution < -0.4 is 11.2 Å². The van der Waals surface area contributed by atoms with Gasteiger partial charge >= 0.3 is 5.69 Å². The average molecular weight is 140 g/mol. The van der Waals surface area contributed by atoms with E-state index in [9.17, 15) is 9.59 Å². The molecule has 1 rings (SSSR count). The van der Waals surface area contributed by atoms with E-state index < -0.39 is 0 Å². The van der Waals surface area contributed by atoms with Crippen LogP contribution in [-0.2, 0) is 6.54 Å². The van der Waals surface area contributed by atoms with E-state index in [1.807, 2.05) is 6.92 Å². The van der Waals surface area contributed by atoms with Crippen LogP contribution in [0.15, 0.2) is 21.9 Å². The highest BCUT2D eigenvalue weighted by molar-refractivity contribution is 4.81. The fourth-order valence-electron chi connectivity index (χ4n) is 0.693. The number of aryl methyl sites for hydroxylation is 1. The van der Waals surface area contributed by atoms with Crippen molar-refractivity contribution in [2.75, 3.05) is 0 Å². The molecule has 0 spiro atoms. The summed E-state index contributed by atoms with van der Waals surface area (Å²) in [5.41, 5.74) is -0.704. The maximum atomic E-state index is 10.8. The molecule has 1 heterocycles. The first kappa shape index (κ1) is 6.80. The molecule has 1 aromatic heterocycles. The lowest BCUT2D eigenvalue weighted by molar-refractivity contribution is 0.693. The van der Waals surface area contributed by atoms with Crippen molar-refractivity contribution in [3.8, 4) is 0 Å². The van der Waals surface area contributed by atoms with Gasteiger partial charge in [0.25, 0.3) is 5.56 Å². The van der Waals surface area contributed by atoms with Gasteiger partial charge < -0.3 is 4.57 Å². The second kappa shape index (κ2) is 2.51. The Morgan fingerprint density at radius 1 is 1.60 bits per heavy atom. The lowest BCUT2D eigenvalue weighted by Gasteiger charge is -1.95. The number of rotatable bonds is 1. The van der Waals surface area contributed by atoms with Crippen LogP contribution in [0.2, 0.25) is 0 Å². The largest absolute Gasteiger partial charge is 0.328 e. The number of nitrogens with zero attached hydrogens (tertiary/aromatic N) is 1. The zero-order valence-corrected chi connectivity index (χ0v) is 5.63. The molecule has 0 aliphatic rings. The Bertz CT molecular complexity index is 323. The van der Waals surface area contributed by atoms with Gasteiger partial charge in [0, 0.05) is 18.8 Å². The molecule has 0 fully saturated rings. The molecule has 54 valence electrons. The zero-order valence-electron chi connectivity index (χ0n) is 5.63. The van der Waals surface area contributed by atoms with Crippen LogP contribution in [0.5, 0.6) is 0 Å². The maximum Gasteiger partial charge on any atom is 0.328 e. The molecule has 0 aliphatic heterocycles. The summed E-state index contributed by atoms with van der Waals surface area (Å²) in [5.74, 6) is 0. The first-order chi connectivity index (χ1) is 4.74. The number of hydrogen-bond acceptors (Lipinski definition) is 2. The predicted octanol–water partition coefficient (Wildman–Crippen LogP) is -0.443. The molecule has 0 amide bonds. The van der Waals surface area contributed by atoms with Crippen LogP contribution in [0.1, 0.15) is 6.92 Å². The van der Waals surface area contributed by atoms with Gasteiger partial charge in [0.05, 0.1) is 0 Å². The van der Waals surface area contributed by atoms with Gasteiger partial charge in [-0.15, -0.1) is 0 Å². The van der Waals surface area contributed by atoms with Crippen molar-refractivity contribution in [2.45, 2.75) is 13.5 Å². The van der Waals surface area contributed by atoms with Crippen molar-refractivity contribution >= 4 is 0 Å². The lowest BCUT2D eigenvalue weighted by Crippen LogP contribution is -2.27. The van der Waals surface area contributed by atoms with E-state index in [1.54, 1.807) is 0 Å². The average Bonchev–Trinajstić information content (AvgIpc) is 1.88. The second-order valence-corrected chi connectivity index (χ2v) is 1.90. The summed E-state index contributed by atoms with van der Waals surface area (Å²) in [4.78, 5) is 23.4. The van der Waals surface area contributed by atoms with Gasteiger partial charge in [-0.2, -0.15) is 0 Å². The van der Waals surface area contributed by atoms with Crippen LogP contribution in [0.4, 0.5) is 0 Å². The minimum Gasteiger partial charge on any atom is -0.301 e.